The smallest absolute Gasteiger partial charge is 0.241 e. The Morgan fingerprint density at radius 3 is 2.62 bits per heavy atom. The number of hydrogen-bond donors (Lipinski definition) is 1. The Morgan fingerprint density at radius 1 is 1.17 bits per heavy atom. The number of halogens is 2. The van der Waals surface area contributed by atoms with Gasteiger partial charge in [-0.25, -0.2) is 22.5 Å². The van der Waals surface area contributed by atoms with E-state index in [-0.39, 0.29) is 16.1 Å². The van der Waals surface area contributed by atoms with Gasteiger partial charge in [0.25, 0.3) is 0 Å². The molecule has 1 aromatic carbocycles. The van der Waals surface area contributed by atoms with Gasteiger partial charge >= 0.3 is 6.55 Å². The molecule has 1 N–H and O–H groups in total. The van der Waals surface area contributed by atoms with Crippen molar-refractivity contribution in [3.05, 3.63) is 60.7 Å². The van der Waals surface area contributed by atoms with Crippen molar-refractivity contribution >= 4 is 10.0 Å². The highest BCUT2D eigenvalue weighted by Gasteiger charge is 2.19. The summed E-state index contributed by atoms with van der Waals surface area (Å²) in [6.07, 6.45) is 5.01. The number of alkyl halides is 2. The van der Waals surface area contributed by atoms with Crippen LogP contribution in [0.15, 0.2) is 60.0 Å². The molecule has 0 aliphatic carbocycles. The minimum absolute atomic E-state index is 0.0156. The summed E-state index contributed by atoms with van der Waals surface area (Å²) in [5, 5.41) is 7.44. The fourth-order valence-corrected chi connectivity index (χ4v) is 3.06. The normalized spacial score (nSPS) is 12.0. The maximum atomic E-state index is 12.5. The predicted molar refractivity (Wildman–Crippen MR) is 81.1 cm³/mol. The standard InChI is InChI=1S/C14H13F2N5O2S/c15-14(16)21-10-12(9-18-21)24(22,23)19-8-11-4-1-2-5-13(11)20-7-3-6-17-20/h1-7,9-10,14,19H,8H2. The molecule has 0 saturated heterocycles. The molecule has 0 amide bonds. The van der Waals surface area contributed by atoms with Gasteiger partial charge in [-0.1, -0.05) is 18.2 Å². The Kier molecular flexibility index (Phi) is 4.40. The molecule has 0 atom stereocenters. The molecule has 24 heavy (non-hydrogen) atoms. The highest BCUT2D eigenvalue weighted by atomic mass is 32.2. The zero-order valence-electron chi connectivity index (χ0n) is 12.3. The van der Waals surface area contributed by atoms with Gasteiger partial charge in [-0.3, -0.25) is 0 Å². The van der Waals surface area contributed by atoms with Crippen molar-refractivity contribution in [3.8, 4) is 5.69 Å². The zero-order valence-corrected chi connectivity index (χ0v) is 13.1. The molecule has 7 nitrogen and oxygen atoms in total. The van der Waals surface area contributed by atoms with Gasteiger partial charge < -0.3 is 0 Å². The third kappa shape index (κ3) is 3.34. The zero-order chi connectivity index (χ0) is 17.2. The predicted octanol–water partition coefficient (Wildman–Crippen LogP) is 1.94. The third-order valence-electron chi connectivity index (χ3n) is 3.28. The van der Waals surface area contributed by atoms with Gasteiger partial charge in [0.05, 0.1) is 18.1 Å². The maximum absolute atomic E-state index is 12.5. The molecule has 2 heterocycles. The lowest BCUT2D eigenvalue weighted by Gasteiger charge is -2.10. The summed E-state index contributed by atoms with van der Waals surface area (Å²) >= 11 is 0. The molecule has 0 bridgehead atoms. The molecular formula is C14H13F2N5O2S. The molecule has 2 aromatic heterocycles. The second-order valence-electron chi connectivity index (χ2n) is 4.84. The van der Waals surface area contributed by atoms with E-state index in [1.165, 1.54) is 0 Å². The Bertz CT molecular complexity index is 922. The van der Waals surface area contributed by atoms with Crippen LogP contribution in [0.4, 0.5) is 8.78 Å². The SMILES string of the molecule is O=S(=O)(NCc1ccccc1-n1cccn1)c1cnn(C(F)F)c1. The number of benzene rings is 1. The minimum Gasteiger partial charge on any atom is -0.241 e. The van der Waals surface area contributed by atoms with E-state index >= 15 is 0 Å². The fourth-order valence-electron chi connectivity index (χ4n) is 2.12. The summed E-state index contributed by atoms with van der Waals surface area (Å²) in [5.74, 6) is 0. The molecule has 0 spiro atoms. The van der Waals surface area contributed by atoms with Crippen LogP contribution in [-0.4, -0.2) is 28.0 Å². The first-order chi connectivity index (χ1) is 11.5. The fraction of sp³-hybridized carbons (Fsp3) is 0.143. The molecule has 126 valence electrons. The van der Waals surface area contributed by atoms with Gasteiger partial charge in [-0.15, -0.1) is 0 Å². The van der Waals surface area contributed by atoms with Crippen molar-refractivity contribution in [2.24, 2.45) is 0 Å². The summed E-state index contributed by atoms with van der Waals surface area (Å²) in [4.78, 5) is -0.320. The van der Waals surface area contributed by atoms with Crippen molar-refractivity contribution in [1.29, 1.82) is 0 Å². The van der Waals surface area contributed by atoms with Crippen molar-refractivity contribution in [1.82, 2.24) is 24.3 Å². The van der Waals surface area contributed by atoms with Crippen molar-refractivity contribution in [2.45, 2.75) is 18.0 Å². The van der Waals surface area contributed by atoms with Gasteiger partial charge in [0, 0.05) is 18.9 Å². The number of rotatable bonds is 6. The molecule has 0 radical (unpaired) electrons. The second kappa shape index (κ2) is 6.49. The van der Waals surface area contributed by atoms with Gasteiger partial charge in [0.2, 0.25) is 10.0 Å². The Hall–Kier alpha value is -2.59. The van der Waals surface area contributed by atoms with Gasteiger partial charge in [-0.05, 0) is 17.7 Å². The lowest BCUT2D eigenvalue weighted by molar-refractivity contribution is 0.0564. The number of aromatic nitrogens is 4. The third-order valence-corrected chi connectivity index (χ3v) is 4.64. The van der Waals surface area contributed by atoms with Crippen LogP contribution < -0.4 is 4.72 Å². The van der Waals surface area contributed by atoms with E-state index in [1.54, 1.807) is 41.3 Å². The van der Waals surface area contributed by atoms with Crippen LogP contribution in [0.2, 0.25) is 0 Å². The molecule has 3 aromatic rings. The molecular weight excluding hydrogens is 340 g/mol. The van der Waals surface area contributed by atoms with Crippen LogP contribution in [0.1, 0.15) is 12.1 Å². The van der Waals surface area contributed by atoms with Gasteiger partial charge in [-0.2, -0.15) is 19.0 Å². The minimum atomic E-state index is -3.95. The highest BCUT2D eigenvalue weighted by Crippen LogP contribution is 2.16. The van der Waals surface area contributed by atoms with Crippen LogP contribution >= 0.6 is 0 Å². The topological polar surface area (TPSA) is 81.8 Å². The second-order valence-corrected chi connectivity index (χ2v) is 6.60. The van der Waals surface area contributed by atoms with Crippen LogP contribution in [-0.2, 0) is 16.6 Å². The number of nitrogens with zero attached hydrogens (tertiary/aromatic N) is 4. The van der Waals surface area contributed by atoms with Gasteiger partial charge in [0.15, 0.2) is 0 Å². The average molecular weight is 353 g/mol. The van der Waals surface area contributed by atoms with Crippen LogP contribution in [0, 0.1) is 0 Å². The van der Waals surface area contributed by atoms with Crippen molar-refractivity contribution in [3.63, 3.8) is 0 Å². The quantitative estimate of drug-likeness (QED) is 0.734. The number of sulfonamides is 1. The summed E-state index contributed by atoms with van der Waals surface area (Å²) in [6, 6.07) is 8.88. The Morgan fingerprint density at radius 2 is 1.96 bits per heavy atom. The Balaban J connectivity index is 1.80. The summed E-state index contributed by atoms with van der Waals surface area (Å²) in [6.45, 7) is -2.91. The van der Waals surface area contributed by atoms with E-state index in [0.717, 1.165) is 12.4 Å². The average Bonchev–Trinajstić information content (AvgIpc) is 3.25. The first-order valence-electron chi connectivity index (χ1n) is 6.87. The Labute approximate surface area is 136 Å². The van der Waals surface area contributed by atoms with E-state index in [9.17, 15) is 17.2 Å². The summed E-state index contributed by atoms with van der Waals surface area (Å²) in [5.41, 5.74) is 1.40. The summed E-state index contributed by atoms with van der Waals surface area (Å²) < 4.78 is 53.7. The molecule has 0 aliphatic rings. The van der Waals surface area contributed by atoms with E-state index in [4.69, 9.17) is 0 Å². The molecule has 10 heteroatoms. The van der Waals surface area contributed by atoms with E-state index in [1.807, 2.05) is 6.07 Å². The van der Waals surface area contributed by atoms with Crippen LogP contribution in [0.3, 0.4) is 0 Å². The number of nitrogens with one attached hydrogen (secondary N) is 1. The number of para-hydroxylation sites is 1. The van der Waals surface area contributed by atoms with E-state index in [2.05, 4.69) is 14.9 Å². The van der Waals surface area contributed by atoms with E-state index < -0.39 is 16.6 Å². The van der Waals surface area contributed by atoms with Crippen LogP contribution in [0.5, 0.6) is 0 Å². The lowest BCUT2D eigenvalue weighted by atomic mass is 10.2. The van der Waals surface area contributed by atoms with Crippen molar-refractivity contribution in [2.75, 3.05) is 0 Å². The summed E-state index contributed by atoms with van der Waals surface area (Å²) in [7, 11) is -3.95. The first-order valence-corrected chi connectivity index (χ1v) is 8.35. The van der Waals surface area contributed by atoms with Crippen LogP contribution in [0.25, 0.3) is 5.69 Å². The number of hydrogen-bond acceptors (Lipinski definition) is 4. The van der Waals surface area contributed by atoms with Gasteiger partial charge in [0.1, 0.15) is 4.90 Å². The maximum Gasteiger partial charge on any atom is 0.333 e. The molecule has 0 fully saturated rings. The first kappa shape index (κ1) is 16.3. The van der Waals surface area contributed by atoms with E-state index in [0.29, 0.717) is 11.3 Å². The molecule has 3 rings (SSSR count). The molecule has 0 unspecified atom stereocenters. The lowest BCUT2D eigenvalue weighted by Crippen LogP contribution is -2.23. The highest BCUT2D eigenvalue weighted by molar-refractivity contribution is 7.89. The molecule has 0 saturated carbocycles. The van der Waals surface area contributed by atoms with Crippen molar-refractivity contribution < 1.29 is 17.2 Å². The molecule has 0 aliphatic heterocycles. The largest absolute Gasteiger partial charge is 0.333 e. The monoisotopic (exact) mass is 353 g/mol.